The zero-order valence-corrected chi connectivity index (χ0v) is 18.0. The Morgan fingerprint density at radius 1 is 1.00 bits per heavy atom. The van der Waals surface area contributed by atoms with Gasteiger partial charge in [0, 0.05) is 13.6 Å². The summed E-state index contributed by atoms with van der Waals surface area (Å²) in [5.74, 6) is 0.637. The quantitative estimate of drug-likeness (QED) is 0.593. The van der Waals surface area contributed by atoms with Gasteiger partial charge in [-0.3, -0.25) is 14.4 Å². The van der Waals surface area contributed by atoms with E-state index in [2.05, 4.69) is 52.0 Å². The van der Waals surface area contributed by atoms with Crippen LogP contribution < -0.4 is 5.56 Å². The molecule has 1 saturated heterocycles. The first-order valence-electron chi connectivity index (χ1n) is 9.85. The number of aryl methyl sites for hydroxylation is 1. The number of likely N-dealkylation sites (tertiary alicyclic amines) is 1. The molecule has 3 aromatic rings. The predicted molar refractivity (Wildman–Crippen MR) is 117 cm³/mol. The van der Waals surface area contributed by atoms with E-state index in [-0.39, 0.29) is 5.56 Å². The first kappa shape index (κ1) is 19.2. The van der Waals surface area contributed by atoms with E-state index < -0.39 is 0 Å². The topological polar surface area (TPSA) is 30.2 Å². The van der Waals surface area contributed by atoms with Crippen molar-refractivity contribution in [2.75, 3.05) is 13.1 Å². The van der Waals surface area contributed by atoms with Gasteiger partial charge in [-0.25, -0.2) is 4.68 Å². The highest BCUT2D eigenvalue weighted by atomic mass is 79.9. The summed E-state index contributed by atoms with van der Waals surface area (Å²) in [6, 6.07) is 18.8. The van der Waals surface area contributed by atoms with Crippen LogP contribution in [0.15, 0.2) is 63.9 Å². The van der Waals surface area contributed by atoms with Gasteiger partial charge in [0.25, 0.3) is 5.56 Å². The molecule has 146 valence electrons. The van der Waals surface area contributed by atoms with E-state index in [1.165, 1.54) is 11.1 Å². The molecule has 0 spiro atoms. The molecule has 1 aliphatic heterocycles. The molecule has 0 amide bonds. The van der Waals surface area contributed by atoms with Crippen molar-refractivity contribution in [2.45, 2.75) is 32.2 Å². The van der Waals surface area contributed by atoms with Crippen molar-refractivity contribution in [1.82, 2.24) is 14.3 Å². The summed E-state index contributed by atoms with van der Waals surface area (Å²) in [4.78, 5) is 15.3. The van der Waals surface area contributed by atoms with Gasteiger partial charge in [-0.05, 0) is 72.4 Å². The standard InChI is InChI=1S/C23H26BrN3O/c1-17-8-10-18(11-9-17)19-12-14-26(15-13-19)16-21-22(24)23(28)27(25(21)2)20-6-4-3-5-7-20/h3-11,19H,12-16H2,1-2H3. The second-order valence-electron chi connectivity index (χ2n) is 7.70. The molecular formula is C23H26BrN3O. The van der Waals surface area contributed by atoms with E-state index in [0.29, 0.717) is 10.4 Å². The molecule has 0 radical (unpaired) electrons. The van der Waals surface area contributed by atoms with Gasteiger partial charge in [-0.15, -0.1) is 0 Å². The van der Waals surface area contributed by atoms with Crippen LogP contribution in [-0.2, 0) is 13.6 Å². The molecule has 2 aromatic carbocycles. The summed E-state index contributed by atoms with van der Waals surface area (Å²) in [7, 11) is 1.97. The molecule has 0 N–H and O–H groups in total. The molecule has 2 heterocycles. The highest BCUT2D eigenvalue weighted by Gasteiger charge is 2.24. The molecule has 0 aliphatic carbocycles. The van der Waals surface area contributed by atoms with Gasteiger partial charge in [-0.2, -0.15) is 0 Å². The number of rotatable bonds is 4. The van der Waals surface area contributed by atoms with Crippen LogP contribution in [0.3, 0.4) is 0 Å². The Morgan fingerprint density at radius 2 is 1.64 bits per heavy atom. The molecule has 1 fully saturated rings. The lowest BCUT2D eigenvalue weighted by molar-refractivity contribution is 0.199. The Kier molecular flexibility index (Phi) is 5.56. The van der Waals surface area contributed by atoms with Crippen molar-refractivity contribution in [3.05, 3.63) is 86.2 Å². The molecule has 0 unspecified atom stereocenters. The second-order valence-corrected chi connectivity index (χ2v) is 8.49. The predicted octanol–water partition coefficient (Wildman–Crippen LogP) is 4.63. The van der Waals surface area contributed by atoms with E-state index >= 15 is 0 Å². The normalized spacial score (nSPS) is 15.8. The van der Waals surface area contributed by atoms with Crippen molar-refractivity contribution < 1.29 is 0 Å². The van der Waals surface area contributed by atoms with Crippen molar-refractivity contribution >= 4 is 15.9 Å². The third-order valence-electron chi connectivity index (χ3n) is 5.83. The number of hydrogen-bond acceptors (Lipinski definition) is 2. The van der Waals surface area contributed by atoms with E-state index in [0.717, 1.165) is 43.9 Å². The number of aromatic nitrogens is 2. The van der Waals surface area contributed by atoms with E-state index in [1.807, 2.05) is 42.1 Å². The Morgan fingerprint density at radius 3 is 2.29 bits per heavy atom. The van der Waals surface area contributed by atoms with E-state index in [9.17, 15) is 4.79 Å². The number of halogens is 1. The van der Waals surface area contributed by atoms with Crippen LogP contribution in [0.1, 0.15) is 35.6 Å². The SMILES string of the molecule is Cc1ccc(C2CCN(Cc3c(Br)c(=O)n(-c4ccccc4)n3C)CC2)cc1. The molecule has 4 rings (SSSR count). The molecule has 1 aliphatic rings. The summed E-state index contributed by atoms with van der Waals surface area (Å²) in [5.41, 5.74) is 4.69. The Balaban J connectivity index is 1.49. The third kappa shape index (κ3) is 3.74. The molecule has 4 nitrogen and oxygen atoms in total. The lowest BCUT2D eigenvalue weighted by atomic mass is 9.89. The molecule has 5 heteroatoms. The number of hydrogen-bond donors (Lipinski definition) is 0. The monoisotopic (exact) mass is 439 g/mol. The molecule has 0 atom stereocenters. The number of nitrogens with zero attached hydrogens (tertiary/aromatic N) is 3. The van der Waals surface area contributed by atoms with Crippen LogP contribution in [0, 0.1) is 6.92 Å². The van der Waals surface area contributed by atoms with Crippen LogP contribution >= 0.6 is 15.9 Å². The zero-order chi connectivity index (χ0) is 19.7. The molecule has 28 heavy (non-hydrogen) atoms. The molecule has 0 bridgehead atoms. The van der Waals surface area contributed by atoms with Gasteiger partial charge < -0.3 is 0 Å². The summed E-state index contributed by atoms with van der Waals surface area (Å²) >= 11 is 3.55. The summed E-state index contributed by atoms with van der Waals surface area (Å²) in [6.45, 7) is 5.02. The minimum absolute atomic E-state index is 0.00163. The Hall–Kier alpha value is -2.11. The van der Waals surface area contributed by atoms with Crippen LogP contribution in [0.4, 0.5) is 0 Å². The summed E-state index contributed by atoms with van der Waals surface area (Å²) in [5, 5.41) is 0. The smallest absolute Gasteiger partial charge is 0.286 e. The minimum atomic E-state index is -0.00163. The number of piperidine rings is 1. The fourth-order valence-corrected chi connectivity index (χ4v) is 4.67. The third-order valence-corrected chi connectivity index (χ3v) is 6.63. The fourth-order valence-electron chi connectivity index (χ4n) is 4.12. The number of benzene rings is 2. The summed E-state index contributed by atoms with van der Waals surface area (Å²) in [6.07, 6.45) is 2.32. The van der Waals surface area contributed by atoms with Gasteiger partial charge >= 0.3 is 0 Å². The van der Waals surface area contributed by atoms with Gasteiger partial charge in [0.1, 0.15) is 4.47 Å². The lowest BCUT2D eigenvalue weighted by Crippen LogP contribution is -2.33. The largest absolute Gasteiger partial charge is 0.297 e. The zero-order valence-electron chi connectivity index (χ0n) is 16.4. The number of para-hydroxylation sites is 1. The van der Waals surface area contributed by atoms with Crippen molar-refractivity contribution in [3.8, 4) is 5.69 Å². The maximum absolute atomic E-state index is 12.8. The Bertz CT molecular complexity index is 997. The first-order valence-corrected chi connectivity index (χ1v) is 10.6. The van der Waals surface area contributed by atoms with Crippen LogP contribution in [0.2, 0.25) is 0 Å². The van der Waals surface area contributed by atoms with Crippen molar-refractivity contribution in [2.24, 2.45) is 7.05 Å². The van der Waals surface area contributed by atoms with Gasteiger partial charge in [0.2, 0.25) is 0 Å². The lowest BCUT2D eigenvalue weighted by Gasteiger charge is -2.32. The second kappa shape index (κ2) is 8.10. The van der Waals surface area contributed by atoms with Gasteiger partial charge in [0.15, 0.2) is 0 Å². The highest BCUT2D eigenvalue weighted by molar-refractivity contribution is 9.10. The maximum atomic E-state index is 12.8. The van der Waals surface area contributed by atoms with Crippen LogP contribution in [0.25, 0.3) is 5.69 Å². The maximum Gasteiger partial charge on any atom is 0.286 e. The Labute approximate surface area is 174 Å². The van der Waals surface area contributed by atoms with Crippen LogP contribution in [0.5, 0.6) is 0 Å². The highest BCUT2D eigenvalue weighted by Crippen LogP contribution is 2.29. The first-order chi connectivity index (χ1) is 13.5. The van der Waals surface area contributed by atoms with Gasteiger partial charge in [0.05, 0.1) is 11.4 Å². The fraction of sp³-hybridized carbons (Fsp3) is 0.348. The molecule has 1 aromatic heterocycles. The molecular weight excluding hydrogens is 414 g/mol. The molecule has 0 saturated carbocycles. The van der Waals surface area contributed by atoms with E-state index in [4.69, 9.17) is 0 Å². The summed E-state index contributed by atoms with van der Waals surface area (Å²) < 4.78 is 4.38. The average Bonchev–Trinajstić information content (AvgIpc) is 2.93. The minimum Gasteiger partial charge on any atom is -0.297 e. The van der Waals surface area contributed by atoms with Crippen LogP contribution in [-0.4, -0.2) is 27.4 Å². The average molecular weight is 440 g/mol. The van der Waals surface area contributed by atoms with Gasteiger partial charge in [-0.1, -0.05) is 48.0 Å². The van der Waals surface area contributed by atoms with Crippen molar-refractivity contribution in [1.29, 1.82) is 0 Å². The van der Waals surface area contributed by atoms with E-state index in [1.54, 1.807) is 4.68 Å². The van der Waals surface area contributed by atoms with Crippen molar-refractivity contribution in [3.63, 3.8) is 0 Å².